The van der Waals surface area contributed by atoms with Crippen LogP contribution >= 0.6 is 23.2 Å². The Balaban J connectivity index is 3.09. The molecule has 0 aliphatic rings. The van der Waals surface area contributed by atoms with Crippen molar-refractivity contribution in [1.82, 2.24) is 0 Å². The van der Waals surface area contributed by atoms with Crippen LogP contribution in [0.4, 0.5) is 0 Å². The first kappa shape index (κ1) is 15.0. The lowest BCUT2D eigenvalue weighted by Crippen LogP contribution is -2.12. The molecular weight excluding hydrogens is 275 g/mol. The molecule has 1 rings (SSSR count). The van der Waals surface area contributed by atoms with Crippen LogP contribution in [0.5, 0.6) is 0 Å². The van der Waals surface area contributed by atoms with Crippen LogP contribution in [0, 0.1) is 0 Å². The van der Waals surface area contributed by atoms with Crippen molar-refractivity contribution in [3.05, 3.63) is 34.9 Å². The first-order valence-electron chi connectivity index (χ1n) is 5.55. The molecule has 98 valence electrons. The second-order valence-electron chi connectivity index (χ2n) is 3.65. The molecule has 0 N–H and O–H groups in total. The number of carbonyl (C=O) groups is 2. The van der Waals surface area contributed by atoms with E-state index in [0.717, 1.165) is 5.56 Å². The molecule has 1 aromatic rings. The van der Waals surface area contributed by atoms with Gasteiger partial charge in [0.15, 0.2) is 5.78 Å². The van der Waals surface area contributed by atoms with E-state index in [0.29, 0.717) is 17.7 Å². The van der Waals surface area contributed by atoms with Gasteiger partial charge >= 0.3 is 5.97 Å². The molecule has 0 spiro atoms. The van der Waals surface area contributed by atoms with Crippen LogP contribution < -0.4 is 0 Å². The summed E-state index contributed by atoms with van der Waals surface area (Å²) in [5.74, 6) is -0.428. The van der Waals surface area contributed by atoms with Gasteiger partial charge in [0.25, 0.3) is 0 Å². The van der Waals surface area contributed by atoms with Crippen LogP contribution in [0.3, 0.4) is 0 Å². The van der Waals surface area contributed by atoms with Crippen molar-refractivity contribution >= 4 is 35.0 Å². The molecule has 0 amide bonds. The molecule has 0 aliphatic carbocycles. The fraction of sp³-hybridized carbons (Fsp3) is 0.385. The molecule has 0 aliphatic heterocycles. The fourth-order valence-electron chi connectivity index (χ4n) is 1.62. The minimum absolute atomic E-state index is 0.0502. The maximum Gasteiger partial charge on any atom is 0.338 e. The van der Waals surface area contributed by atoms with Gasteiger partial charge in [-0.15, -0.1) is 23.2 Å². The van der Waals surface area contributed by atoms with E-state index >= 15 is 0 Å². The quantitative estimate of drug-likeness (QED) is 0.597. The monoisotopic (exact) mass is 288 g/mol. The van der Waals surface area contributed by atoms with Crippen LogP contribution in [0.15, 0.2) is 18.2 Å². The normalized spacial score (nSPS) is 10.2. The molecule has 3 nitrogen and oxygen atoms in total. The predicted octanol–water partition coefficient (Wildman–Crippen LogP) is 2.95. The second kappa shape index (κ2) is 7.39. The third-order valence-corrected chi connectivity index (χ3v) is 3.00. The van der Waals surface area contributed by atoms with E-state index in [1.165, 1.54) is 0 Å². The summed E-state index contributed by atoms with van der Waals surface area (Å²) < 4.78 is 4.95. The third-order valence-electron chi connectivity index (χ3n) is 2.44. The van der Waals surface area contributed by atoms with Crippen molar-refractivity contribution in [3.8, 4) is 0 Å². The number of halogens is 2. The number of hydrogen-bond donors (Lipinski definition) is 0. The molecule has 0 fully saturated rings. The number of alkyl halides is 2. The Labute approximate surface area is 116 Å². The first-order valence-corrected chi connectivity index (χ1v) is 6.62. The van der Waals surface area contributed by atoms with Crippen molar-refractivity contribution in [1.29, 1.82) is 0 Å². The van der Waals surface area contributed by atoms with Gasteiger partial charge in [-0.05, 0) is 24.1 Å². The van der Waals surface area contributed by atoms with Crippen molar-refractivity contribution in [2.24, 2.45) is 0 Å². The van der Waals surface area contributed by atoms with Gasteiger partial charge < -0.3 is 4.74 Å². The zero-order chi connectivity index (χ0) is 13.5. The lowest BCUT2D eigenvalue weighted by Gasteiger charge is -2.11. The zero-order valence-corrected chi connectivity index (χ0v) is 11.6. The zero-order valence-electron chi connectivity index (χ0n) is 10.0. The Kier molecular flexibility index (Phi) is 6.16. The SMILES string of the molecule is CCOC(=O)c1cccc(CC(=O)CCl)c1CCl. The standard InChI is InChI=1S/C13H14Cl2O3/c1-2-18-13(17)11-5-3-4-9(12(11)8-15)6-10(16)7-14/h3-5H,2,6-8H2,1H3. The molecule has 0 aromatic heterocycles. The minimum atomic E-state index is -0.423. The Bertz CT molecular complexity index is 444. The van der Waals surface area contributed by atoms with Gasteiger partial charge in [0, 0.05) is 12.3 Å². The fourth-order valence-corrected chi connectivity index (χ4v) is 2.03. The molecule has 1 aromatic carbocycles. The number of benzene rings is 1. The van der Waals surface area contributed by atoms with E-state index in [1.54, 1.807) is 25.1 Å². The molecule has 0 atom stereocenters. The molecule has 0 heterocycles. The third kappa shape index (κ3) is 3.72. The number of hydrogen-bond acceptors (Lipinski definition) is 3. The number of carbonyl (C=O) groups excluding carboxylic acids is 2. The average Bonchev–Trinajstić information content (AvgIpc) is 2.38. The van der Waals surface area contributed by atoms with Crippen molar-refractivity contribution < 1.29 is 14.3 Å². The Morgan fingerprint density at radius 2 is 2.00 bits per heavy atom. The molecule has 0 saturated carbocycles. The Morgan fingerprint density at radius 1 is 1.28 bits per heavy atom. The number of Topliss-reactive ketones (excluding diaryl/α,β-unsaturated/α-hetero) is 1. The van der Waals surface area contributed by atoms with Gasteiger partial charge in [0.2, 0.25) is 0 Å². The van der Waals surface area contributed by atoms with Crippen molar-refractivity contribution in [2.75, 3.05) is 12.5 Å². The molecule has 0 radical (unpaired) electrons. The van der Waals surface area contributed by atoms with E-state index in [-0.39, 0.29) is 24.0 Å². The van der Waals surface area contributed by atoms with Gasteiger partial charge in [-0.1, -0.05) is 12.1 Å². The smallest absolute Gasteiger partial charge is 0.338 e. The van der Waals surface area contributed by atoms with E-state index < -0.39 is 5.97 Å². The average molecular weight is 289 g/mol. The van der Waals surface area contributed by atoms with E-state index in [2.05, 4.69) is 0 Å². The molecule has 5 heteroatoms. The van der Waals surface area contributed by atoms with Crippen LogP contribution in [-0.2, 0) is 21.8 Å². The molecule has 0 unspecified atom stereocenters. The summed E-state index contributed by atoms with van der Waals surface area (Å²) in [6, 6.07) is 5.12. The molecular formula is C13H14Cl2O3. The number of ether oxygens (including phenoxy) is 1. The van der Waals surface area contributed by atoms with Crippen LogP contribution in [0.1, 0.15) is 28.4 Å². The first-order chi connectivity index (χ1) is 8.63. The highest BCUT2D eigenvalue weighted by molar-refractivity contribution is 6.27. The summed E-state index contributed by atoms with van der Waals surface area (Å²) in [5, 5.41) is 0. The predicted molar refractivity (Wildman–Crippen MR) is 71.4 cm³/mol. The summed E-state index contributed by atoms with van der Waals surface area (Å²) in [4.78, 5) is 23.1. The van der Waals surface area contributed by atoms with E-state index in [4.69, 9.17) is 27.9 Å². The molecule has 0 saturated heterocycles. The molecule has 18 heavy (non-hydrogen) atoms. The molecule has 0 bridgehead atoms. The number of ketones is 1. The van der Waals surface area contributed by atoms with Crippen LogP contribution in [0.25, 0.3) is 0 Å². The summed E-state index contributed by atoms with van der Waals surface area (Å²) in [6.45, 7) is 2.03. The minimum Gasteiger partial charge on any atom is -0.462 e. The highest BCUT2D eigenvalue weighted by Crippen LogP contribution is 2.19. The second-order valence-corrected chi connectivity index (χ2v) is 4.18. The van der Waals surface area contributed by atoms with Crippen molar-refractivity contribution in [3.63, 3.8) is 0 Å². The Hall–Kier alpha value is -1.06. The lowest BCUT2D eigenvalue weighted by atomic mass is 9.98. The number of esters is 1. The van der Waals surface area contributed by atoms with Gasteiger partial charge in [-0.25, -0.2) is 4.79 Å². The summed E-state index contributed by atoms with van der Waals surface area (Å²) >= 11 is 11.3. The van der Waals surface area contributed by atoms with Crippen LogP contribution in [-0.4, -0.2) is 24.2 Å². The largest absolute Gasteiger partial charge is 0.462 e. The van der Waals surface area contributed by atoms with Crippen molar-refractivity contribution in [2.45, 2.75) is 19.2 Å². The highest BCUT2D eigenvalue weighted by atomic mass is 35.5. The maximum atomic E-state index is 11.7. The summed E-state index contributed by atoms with van der Waals surface area (Å²) in [7, 11) is 0. The van der Waals surface area contributed by atoms with Gasteiger partial charge in [0.1, 0.15) is 0 Å². The van der Waals surface area contributed by atoms with Gasteiger partial charge in [-0.3, -0.25) is 4.79 Å². The Morgan fingerprint density at radius 3 is 2.56 bits per heavy atom. The number of rotatable bonds is 6. The summed E-state index contributed by atoms with van der Waals surface area (Å²) in [5.41, 5.74) is 1.77. The highest BCUT2D eigenvalue weighted by Gasteiger charge is 2.16. The van der Waals surface area contributed by atoms with E-state index in [1.807, 2.05) is 0 Å². The van der Waals surface area contributed by atoms with Crippen LogP contribution in [0.2, 0.25) is 0 Å². The van der Waals surface area contributed by atoms with Gasteiger partial charge in [-0.2, -0.15) is 0 Å². The maximum absolute atomic E-state index is 11.7. The summed E-state index contributed by atoms with van der Waals surface area (Å²) in [6.07, 6.45) is 0.179. The lowest BCUT2D eigenvalue weighted by molar-refractivity contribution is -0.116. The van der Waals surface area contributed by atoms with E-state index in [9.17, 15) is 9.59 Å². The topological polar surface area (TPSA) is 43.4 Å². The van der Waals surface area contributed by atoms with Gasteiger partial charge in [0.05, 0.1) is 18.1 Å².